The lowest BCUT2D eigenvalue weighted by Crippen LogP contribution is -2.30. The molecule has 21 heavy (non-hydrogen) atoms. The minimum atomic E-state index is -4.52. The number of hydrogen-bond donors (Lipinski definition) is 3. The Morgan fingerprint density at radius 1 is 1.14 bits per heavy atom. The minimum Gasteiger partial charge on any atom is -0.352 e. The molecule has 2 aromatic rings. The lowest BCUT2D eigenvalue weighted by molar-refractivity contribution is -0.137. The van der Waals surface area contributed by atoms with Crippen LogP contribution in [-0.2, 0) is 6.18 Å². The van der Waals surface area contributed by atoms with Gasteiger partial charge in [0.15, 0.2) is 0 Å². The van der Waals surface area contributed by atoms with Crippen LogP contribution >= 0.6 is 12.2 Å². The molecule has 1 heterocycles. The van der Waals surface area contributed by atoms with Crippen molar-refractivity contribution in [2.75, 3.05) is 5.43 Å². The van der Waals surface area contributed by atoms with Crippen LogP contribution in [0.5, 0.6) is 0 Å². The number of carbonyl (C=O) groups excluding carboxylic acids is 1. The van der Waals surface area contributed by atoms with Gasteiger partial charge in [-0.05, 0) is 24.3 Å². The first-order valence-electron chi connectivity index (χ1n) is 5.80. The van der Waals surface area contributed by atoms with Gasteiger partial charge >= 0.3 is 6.18 Å². The molecule has 0 radical (unpaired) electrons. The van der Waals surface area contributed by atoms with Crippen molar-refractivity contribution in [3.63, 3.8) is 0 Å². The highest BCUT2D eigenvalue weighted by Crippen LogP contribution is 2.34. The first-order chi connectivity index (χ1) is 9.89. The van der Waals surface area contributed by atoms with Crippen molar-refractivity contribution < 1.29 is 18.0 Å². The summed E-state index contributed by atoms with van der Waals surface area (Å²) in [5.41, 5.74) is 3.50. The molecule has 2 rings (SSSR count). The fourth-order valence-corrected chi connectivity index (χ4v) is 1.86. The van der Waals surface area contributed by atoms with Gasteiger partial charge in [0, 0.05) is 6.20 Å². The highest BCUT2D eigenvalue weighted by molar-refractivity contribution is 7.71. The lowest BCUT2D eigenvalue weighted by Gasteiger charge is -2.14. The molecule has 0 aliphatic heterocycles. The van der Waals surface area contributed by atoms with Gasteiger partial charge in [0.1, 0.15) is 4.64 Å². The van der Waals surface area contributed by atoms with E-state index in [2.05, 4.69) is 15.8 Å². The van der Waals surface area contributed by atoms with Gasteiger partial charge in [0.05, 0.1) is 16.8 Å². The van der Waals surface area contributed by atoms with Gasteiger partial charge in [-0.1, -0.05) is 24.4 Å². The van der Waals surface area contributed by atoms with Crippen molar-refractivity contribution in [1.82, 2.24) is 10.4 Å². The van der Waals surface area contributed by atoms with Crippen LogP contribution in [0.3, 0.4) is 0 Å². The van der Waals surface area contributed by atoms with Crippen LogP contribution in [-0.4, -0.2) is 10.9 Å². The monoisotopic (exact) mass is 313 g/mol. The number of hydrazine groups is 1. The van der Waals surface area contributed by atoms with Crippen molar-refractivity contribution in [2.45, 2.75) is 6.18 Å². The third kappa shape index (κ3) is 3.60. The summed E-state index contributed by atoms with van der Waals surface area (Å²) in [6.45, 7) is 0. The van der Waals surface area contributed by atoms with E-state index in [-0.39, 0.29) is 15.9 Å². The standard InChI is InChI=1S/C13H10F3N3OS/c14-13(15,16)9-5-1-2-6-10(9)18-19-11(20)8-4-3-7-17-12(8)21/h1-7,18H,(H,17,21)(H,19,20). The predicted octanol–water partition coefficient (Wildman–Crippen LogP) is 3.52. The van der Waals surface area contributed by atoms with Crippen LogP contribution in [0.25, 0.3) is 0 Å². The summed E-state index contributed by atoms with van der Waals surface area (Å²) in [6.07, 6.45) is -2.97. The molecule has 0 saturated carbocycles. The molecule has 8 heteroatoms. The van der Waals surface area contributed by atoms with Crippen LogP contribution in [0.15, 0.2) is 42.6 Å². The van der Waals surface area contributed by atoms with Crippen molar-refractivity contribution in [3.05, 3.63) is 58.4 Å². The number of para-hydroxylation sites is 1. The predicted molar refractivity (Wildman–Crippen MR) is 74.2 cm³/mol. The summed E-state index contributed by atoms with van der Waals surface area (Å²) in [4.78, 5) is 14.5. The number of aromatic amines is 1. The Hall–Kier alpha value is -2.35. The van der Waals surface area contributed by atoms with E-state index in [4.69, 9.17) is 12.2 Å². The maximum absolute atomic E-state index is 12.8. The molecule has 4 nitrogen and oxygen atoms in total. The molecule has 1 aromatic heterocycles. The first-order valence-corrected chi connectivity index (χ1v) is 6.20. The number of carbonyl (C=O) groups is 1. The number of pyridine rings is 1. The van der Waals surface area contributed by atoms with Crippen molar-refractivity contribution >= 4 is 23.8 Å². The van der Waals surface area contributed by atoms with E-state index in [1.165, 1.54) is 24.3 Å². The molecule has 0 spiro atoms. The van der Waals surface area contributed by atoms with Gasteiger partial charge in [-0.25, -0.2) is 0 Å². The van der Waals surface area contributed by atoms with E-state index in [0.717, 1.165) is 6.07 Å². The number of rotatable bonds is 3. The van der Waals surface area contributed by atoms with Crippen molar-refractivity contribution in [1.29, 1.82) is 0 Å². The number of alkyl halides is 3. The van der Waals surface area contributed by atoms with Crippen LogP contribution in [0.2, 0.25) is 0 Å². The average Bonchev–Trinajstić information content (AvgIpc) is 2.44. The molecule has 0 atom stereocenters. The summed E-state index contributed by atoms with van der Waals surface area (Å²) in [5.74, 6) is -0.631. The van der Waals surface area contributed by atoms with Crippen molar-refractivity contribution in [2.24, 2.45) is 0 Å². The number of benzene rings is 1. The average molecular weight is 313 g/mol. The Balaban J connectivity index is 2.16. The molecule has 0 aliphatic rings. The number of halogens is 3. The summed E-state index contributed by atoms with van der Waals surface area (Å²) in [6, 6.07) is 7.86. The summed E-state index contributed by atoms with van der Waals surface area (Å²) in [7, 11) is 0. The minimum absolute atomic E-state index is 0.157. The molecule has 0 aliphatic carbocycles. The molecular weight excluding hydrogens is 303 g/mol. The highest BCUT2D eigenvalue weighted by Gasteiger charge is 2.33. The second kappa shape index (κ2) is 5.96. The zero-order valence-corrected chi connectivity index (χ0v) is 11.3. The quantitative estimate of drug-likeness (QED) is 0.600. The second-order valence-corrected chi connectivity index (χ2v) is 4.44. The van der Waals surface area contributed by atoms with Gasteiger partial charge in [-0.15, -0.1) is 0 Å². The largest absolute Gasteiger partial charge is 0.418 e. The van der Waals surface area contributed by atoms with Gasteiger partial charge in [0.2, 0.25) is 0 Å². The molecule has 0 saturated heterocycles. The molecule has 1 amide bonds. The lowest BCUT2D eigenvalue weighted by atomic mass is 10.2. The van der Waals surface area contributed by atoms with E-state index in [1.807, 2.05) is 0 Å². The van der Waals surface area contributed by atoms with Gasteiger partial charge in [-0.2, -0.15) is 13.2 Å². The fourth-order valence-electron chi connectivity index (χ4n) is 1.63. The normalized spacial score (nSPS) is 11.0. The number of amides is 1. The topological polar surface area (TPSA) is 56.9 Å². The third-order valence-electron chi connectivity index (χ3n) is 2.61. The SMILES string of the molecule is O=C(NNc1ccccc1C(F)(F)F)c1ccc[nH]c1=S. The Morgan fingerprint density at radius 2 is 1.86 bits per heavy atom. The Labute approximate surface area is 123 Å². The number of aromatic nitrogens is 1. The van der Waals surface area contributed by atoms with E-state index < -0.39 is 17.6 Å². The molecule has 0 unspecified atom stereocenters. The molecule has 1 aromatic carbocycles. The van der Waals surface area contributed by atoms with Crippen LogP contribution in [0.1, 0.15) is 15.9 Å². The molecule has 0 bridgehead atoms. The van der Waals surface area contributed by atoms with Crippen molar-refractivity contribution in [3.8, 4) is 0 Å². The van der Waals surface area contributed by atoms with Gasteiger partial charge < -0.3 is 4.98 Å². The van der Waals surface area contributed by atoms with Crippen LogP contribution < -0.4 is 10.9 Å². The van der Waals surface area contributed by atoms with E-state index in [9.17, 15) is 18.0 Å². The van der Waals surface area contributed by atoms with E-state index >= 15 is 0 Å². The number of anilines is 1. The van der Waals surface area contributed by atoms with Gasteiger partial charge in [0.25, 0.3) is 5.91 Å². The van der Waals surface area contributed by atoms with Gasteiger partial charge in [-0.3, -0.25) is 15.6 Å². The second-order valence-electron chi connectivity index (χ2n) is 4.04. The maximum atomic E-state index is 12.8. The molecule has 3 N–H and O–H groups in total. The van der Waals surface area contributed by atoms with Crippen LogP contribution in [0.4, 0.5) is 18.9 Å². The number of H-pyrrole nitrogens is 1. The fraction of sp³-hybridized carbons (Fsp3) is 0.0769. The summed E-state index contributed by atoms with van der Waals surface area (Å²) < 4.78 is 38.6. The Kier molecular flexibility index (Phi) is 4.27. The highest BCUT2D eigenvalue weighted by atomic mass is 32.1. The first kappa shape index (κ1) is 15.0. The number of hydrogen-bond acceptors (Lipinski definition) is 3. The summed E-state index contributed by atoms with van der Waals surface area (Å²) >= 11 is 4.92. The molecular formula is C13H10F3N3OS. The smallest absolute Gasteiger partial charge is 0.352 e. The molecule has 110 valence electrons. The zero-order valence-electron chi connectivity index (χ0n) is 10.5. The molecule has 0 fully saturated rings. The zero-order chi connectivity index (χ0) is 15.5. The Bertz CT molecular complexity index is 712. The third-order valence-corrected chi connectivity index (χ3v) is 2.94. The van der Waals surface area contributed by atoms with E-state index in [1.54, 1.807) is 12.3 Å². The number of nitrogens with one attached hydrogen (secondary N) is 3. The van der Waals surface area contributed by atoms with Crippen LogP contribution in [0, 0.1) is 4.64 Å². The Morgan fingerprint density at radius 3 is 2.52 bits per heavy atom. The van der Waals surface area contributed by atoms with E-state index in [0.29, 0.717) is 0 Å². The summed E-state index contributed by atoms with van der Waals surface area (Å²) in [5, 5.41) is 0. The maximum Gasteiger partial charge on any atom is 0.418 e.